The average molecular weight is 377 g/mol. The predicted octanol–water partition coefficient (Wildman–Crippen LogP) is 3.38. The van der Waals surface area contributed by atoms with Crippen LogP contribution in [0.1, 0.15) is 5.89 Å². The number of hydrogen-bond donors (Lipinski definition) is 0. The van der Waals surface area contributed by atoms with Crippen molar-refractivity contribution < 1.29 is 13.9 Å². The molecule has 0 spiro atoms. The van der Waals surface area contributed by atoms with E-state index in [4.69, 9.17) is 9.15 Å². The van der Waals surface area contributed by atoms with Gasteiger partial charge in [0, 0.05) is 44.4 Å². The van der Waals surface area contributed by atoms with Crippen LogP contribution in [0.2, 0.25) is 0 Å². The van der Waals surface area contributed by atoms with Crippen molar-refractivity contribution in [2.45, 2.75) is 6.92 Å². The molecule has 3 aromatic rings. The maximum atomic E-state index is 12.4. The number of aryl methyl sites for hydroxylation is 1. The molecule has 1 aliphatic rings. The van der Waals surface area contributed by atoms with Gasteiger partial charge in [-0.25, -0.2) is 4.98 Å². The van der Waals surface area contributed by atoms with E-state index in [1.54, 1.807) is 6.20 Å². The Bertz CT molecular complexity index is 914. The predicted molar refractivity (Wildman–Crippen MR) is 107 cm³/mol. The molecule has 0 unspecified atom stereocenters. The monoisotopic (exact) mass is 377 g/mol. The molecule has 1 amide bonds. The van der Waals surface area contributed by atoms with Crippen LogP contribution in [0.3, 0.4) is 0 Å². The summed E-state index contributed by atoms with van der Waals surface area (Å²) in [5.74, 6) is 2.19. The van der Waals surface area contributed by atoms with Gasteiger partial charge >= 0.3 is 0 Å². The van der Waals surface area contributed by atoms with Gasteiger partial charge in [0.1, 0.15) is 5.75 Å². The third-order valence-electron chi connectivity index (χ3n) is 4.88. The van der Waals surface area contributed by atoms with Crippen LogP contribution >= 0.6 is 0 Å². The van der Waals surface area contributed by atoms with Crippen molar-refractivity contribution in [2.75, 3.05) is 37.7 Å². The van der Waals surface area contributed by atoms with Crippen LogP contribution in [0.25, 0.3) is 11.3 Å². The number of aromatic nitrogens is 1. The minimum Gasteiger partial charge on any atom is -0.484 e. The van der Waals surface area contributed by atoms with E-state index in [1.165, 1.54) is 0 Å². The standard InChI is InChI=1S/C22H23N3O3/c1-17-23-15-21(28-17)18-7-9-19(10-8-18)24-11-13-25(14-12-24)22(26)16-27-20-5-3-2-4-6-20/h2-10,15H,11-14,16H2,1H3. The molecule has 2 aromatic carbocycles. The number of nitrogens with zero attached hydrogens (tertiary/aromatic N) is 3. The van der Waals surface area contributed by atoms with Crippen LogP contribution < -0.4 is 9.64 Å². The number of ether oxygens (including phenoxy) is 1. The Labute approximate surface area is 164 Å². The number of carbonyl (C=O) groups is 1. The average Bonchev–Trinajstić information content (AvgIpc) is 3.19. The molecule has 0 radical (unpaired) electrons. The second kappa shape index (κ2) is 8.17. The first-order valence-corrected chi connectivity index (χ1v) is 9.42. The fourth-order valence-electron chi connectivity index (χ4n) is 3.30. The molecule has 1 saturated heterocycles. The summed E-state index contributed by atoms with van der Waals surface area (Å²) in [7, 11) is 0. The minimum atomic E-state index is 0.0274. The summed E-state index contributed by atoms with van der Waals surface area (Å²) in [4.78, 5) is 20.7. The van der Waals surface area contributed by atoms with E-state index in [0.29, 0.717) is 19.0 Å². The lowest BCUT2D eigenvalue weighted by Gasteiger charge is -2.36. The SMILES string of the molecule is Cc1ncc(-c2ccc(N3CCN(C(=O)COc4ccccc4)CC3)cc2)o1. The van der Waals surface area contributed by atoms with E-state index in [0.717, 1.165) is 35.9 Å². The van der Waals surface area contributed by atoms with Gasteiger partial charge in [-0.05, 0) is 36.4 Å². The Morgan fingerprint density at radius 2 is 1.75 bits per heavy atom. The van der Waals surface area contributed by atoms with Crippen molar-refractivity contribution in [1.29, 1.82) is 0 Å². The van der Waals surface area contributed by atoms with Crippen LogP contribution in [0.15, 0.2) is 65.2 Å². The van der Waals surface area contributed by atoms with Gasteiger partial charge in [0.15, 0.2) is 18.3 Å². The summed E-state index contributed by atoms with van der Waals surface area (Å²) in [6.07, 6.45) is 1.74. The lowest BCUT2D eigenvalue weighted by Crippen LogP contribution is -2.50. The smallest absolute Gasteiger partial charge is 0.260 e. The Morgan fingerprint density at radius 1 is 1.04 bits per heavy atom. The highest BCUT2D eigenvalue weighted by Gasteiger charge is 2.21. The molecule has 0 saturated carbocycles. The minimum absolute atomic E-state index is 0.0274. The number of amides is 1. The Hall–Kier alpha value is -3.28. The Balaban J connectivity index is 1.29. The lowest BCUT2D eigenvalue weighted by atomic mass is 10.1. The van der Waals surface area contributed by atoms with Gasteiger partial charge in [-0.2, -0.15) is 0 Å². The number of piperazine rings is 1. The molecule has 1 aliphatic heterocycles. The number of oxazole rings is 1. The highest BCUT2D eigenvalue weighted by Crippen LogP contribution is 2.24. The van der Waals surface area contributed by atoms with Gasteiger partial charge in [-0.1, -0.05) is 18.2 Å². The van der Waals surface area contributed by atoms with Gasteiger partial charge in [0.05, 0.1) is 6.20 Å². The fraction of sp³-hybridized carbons (Fsp3) is 0.273. The first-order chi connectivity index (χ1) is 13.7. The molecule has 28 heavy (non-hydrogen) atoms. The first kappa shape index (κ1) is 18.1. The van der Waals surface area contributed by atoms with Crippen LogP contribution in [-0.2, 0) is 4.79 Å². The number of anilines is 1. The number of para-hydroxylation sites is 1. The quantitative estimate of drug-likeness (QED) is 0.682. The molecule has 0 atom stereocenters. The molecule has 6 nitrogen and oxygen atoms in total. The zero-order valence-electron chi connectivity index (χ0n) is 15.9. The third-order valence-corrected chi connectivity index (χ3v) is 4.88. The molecule has 144 valence electrons. The lowest BCUT2D eigenvalue weighted by molar-refractivity contribution is -0.133. The van der Waals surface area contributed by atoms with Gasteiger partial charge in [0.2, 0.25) is 0 Å². The van der Waals surface area contributed by atoms with E-state index in [2.05, 4.69) is 22.0 Å². The number of hydrogen-bond acceptors (Lipinski definition) is 5. The highest BCUT2D eigenvalue weighted by atomic mass is 16.5. The van der Waals surface area contributed by atoms with E-state index in [9.17, 15) is 4.79 Å². The van der Waals surface area contributed by atoms with Gasteiger partial charge in [-0.15, -0.1) is 0 Å². The van der Waals surface area contributed by atoms with Crippen molar-refractivity contribution >= 4 is 11.6 Å². The summed E-state index contributed by atoms with van der Waals surface area (Å²) < 4.78 is 11.1. The Kier molecular flexibility index (Phi) is 5.28. The summed E-state index contributed by atoms with van der Waals surface area (Å²) >= 11 is 0. The van der Waals surface area contributed by atoms with Crippen molar-refractivity contribution in [3.63, 3.8) is 0 Å². The molecular weight excluding hydrogens is 354 g/mol. The van der Waals surface area contributed by atoms with Crippen LogP contribution in [0.5, 0.6) is 5.75 Å². The number of benzene rings is 2. The van der Waals surface area contributed by atoms with Crippen LogP contribution in [0, 0.1) is 6.92 Å². The Morgan fingerprint density at radius 3 is 2.39 bits per heavy atom. The summed E-state index contributed by atoms with van der Waals surface area (Å²) in [6.45, 7) is 4.91. The second-order valence-corrected chi connectivity index (χ2v) is 6.76. The molecule has 2 heterocycles. The maximum Gasteiger partial charge on any atom is 0.260 e. The van der Waals surface area contributed by atoms with Crippen LogP contribution in [0.4, 0.5) is 5.69 Å². The maximum absolute atomic E-state index is 12.4. The van der Waals surface area contributed by atoms with Gasteiger partial charge in [0.25, 0.3) is 5.91 Å². The second-order valence-electron chi connectivity index (χ2n) is 6.76. The summed E-state index contributed by atoms with van der Waals surface area (Å²) in [6, 6.07) is 17.7. The largest absolute Gasteiger partial charge is 0.484 e. The third kappa shape index (κ3) is 4.17. The van der Waals surface area contributed by atoms with Crippen molar-refractivity contribution in [3.8, 4) is 17.1 Å². The molecule has 1 aromatic heterocycles. The molecule has 4 rings (SSSR count). The first-order valence-electron chi connectivity index (χ1n) is 9.42. The zero-order valence-corrected chi connectivity index (χ0v) is 15.9. The van der Waals surface area contributed by atoms with E-state index in [1.807, 2.05) is 54.3 Å². The number of carbonyl (C=O) groups excluding carboxylic acids is 1. The summed E-state index contributed by atoms with van der Waals surface area (Å²) in [5, 5.41) is 0. The normalized spacial score (nSPS) is 14.2. The van der Waals surface area contributed by atoms with E-state index < -0.39 is 0 Å². The van der Waals surface area contributed by atoms with Gasteiger partial charge < -0.3 is 19.0 Å². The summed E-state index contributed by atoms with van der Waals surface area (Å²) in [5.41, 5.74) is 2.16. The van der Waals surface area contributed by atoms with Crippen LogP contribution in [-0.4, -0.2) is 48.6 Å². The van der Waals surface area contributed by atoms with Gasteiger partial charge in [-0.3, -0.25) is 4.79 Å². The molecule has 6 heteroatoms. The highest BCUT2D eigenvalue weighted by molar-refractivity contribution is 5.78. The molecule has 0 aliphatic carbocycles. The topological polar surface area (TPSA) is 58.8 Å². The zero-order chi connectivity index (χ0) is 19.3. The molecular formula is C22H23N3O3. The van der Waals surface area contributed by atoms with Crippen molar-refractivity contribution in [1.82, 2.24) is 9.88 Å². The van der Waals surface area contributed by atoms with Crippen molar-refractivity contribution in [3.05, 3.63) is 66.7 Å². The number of rotatable bonds is 5. The molecule has 0 bridgehead atoms. The van der Waals surface area contributed by atoms with E-state index in [-0.39, 0.29) is 12.5 Å². The molecule has 1 fully saturated rings. The van der Waals surface area contributed by atoms with E-state index >= 15 is 0 Å². The fourth-order valence-corrected chi connectivity index (χ4v) is 3.30. The molecule has 0 N–H and O–H groups in total. The van der Waals surface area contributed by atoms with Crippen molar-refractivity contribution in [2.24, 2.45) is 0 Å².